The van der Waals surface area contributed by atoms with E-state index < -0.39 is 0 Å². The molecule has 0 aromatic rings. The molecular formula is C12H23NO2. The molecule has 0 aromatic heterocycles. The molecule has 0 bridgehead atoms. The summed E-state index contributed by atoms with van der Waals surface area (Å²) in [5.74, 6) is 0.142. The monoisotopic (exact) mass is 213 g/mol. The van der Waals surface area contributed by atoms with Crippen LogP contribution < -0.4 is 5.32 Å². The second-order valence-corrected chi connectivity index (χ2v) is 4.66. The fraction of sp³-hybridized carbons (Fsp3) is 0.917. The molecular weight excluding hydrogens is 190 g/mol. The van der Waals surface area contributed by atoms with Gasteiger partial charge < -0.3 is 10.4 Å². The lowest BCUT2D eigenvalue weighted by atomic mass is 9.67. The Morgan fingerprint density at radius 1 is 1.40 bits per heavy atom. The summed E-state index contributed by atoms with van der Waals surface area (Å²) in [6, 6.07) is 0. The number of hydrogen-bond acceptors (Lipinski definition) is 2. The van der Waals surface area contributed by atoms with E-state index in [1.807, 2.05) is 0 Å². The van der Waals surface area contributed by atoms with Crippen molar-refractivity contribution < 1.29 is 9.90 Å². The topological polar surface area (TPSA) is 49.3 Å². The van der Waals surface area contributed by atoms with Crippen LogP contribution in [0.5, 0.6) is 0 Å². The summed E-state index contributed by atoms with van der Waals surface area (Å²) in [6.45, 7) is 3.24. The average Bonchev–Trinajstić information content (AvgIpc) is 2.17. The number of hydrogen-bond donors (Lipinski definition) is 2. The molecule has 3 nitrogen and oxygen atoms in total. The van der Waals surface area contributed by atoms with Crippen molar-refractivity contribution in [1.82, 2.24) is 5.32 Å². The summed E-state index contributed by atoms with van der Waals surface area (Å²) in [4.78, 5) is 11.4. The third kappa shape index (κ3) is 3.82. The average molecular weight is 213 g/mol. The Kier molecular flexibility index (Phi) is 5.09. The highest BCUT2D eigenvalue weighted by Crippen LogP contribution is 2.42. The summed E-state index contributed by atoms with van der Waals surface area (Å²) in [5, 5.41) is 11.6. The molecule has 0 spiro atoms. The van der Waals surface area contributed by atoms with E-state index in [9.17, 15) is 4.79 Å². The summed E-state index contributed by atoms with van der Waals surface area (Å²) in [7, 11) is 0. The van der Waals surface area contributed by atoms with E-state index in [2.05, 4.69) is 12.2 Å². The van der Waals surface area contributed by atoms with Crippen LogP contribution >= 0.6 is 0 Å². The van der Waals surface area contributed by atoms with E-state index >= 15 is 0 Å². The quantitative estimate of drug-likeness (QED) is 0.634. The first-order valence-electron chi connectivity index (χ1n) is 6.10. The second kappa shape index (κ2) is 6.11. The number of rotatable bonds is 7. The van der Waals surface area contributed by atoms with Crippen molar-refractivity contribution in [3.8, 4) is 0 Å². The molecule has 0 radical (unpaired) electrons. The molecule has 1 aliphatic carbocycles. The molecule has 3 heteroatoms. The molecule has 1 amide bonds. The number of amides is 1. The van der Waals surface area contributed by atoms with Crippen LogP contribution in [0, 0.1) is 5.41 Å². The normalized spacial score (nSPS) is 18.3. The Morgan fingerprint density at radius 3 is 2.60 bits per heavy atom. The molecule has 0 atom stereocenters. The van der Waals surface area contributed by atoms with E-state index in [0.29, 0.717) is 11.8 Å². The minimum atomic E-state index is 0.142. The molecule has 88 valence electrons. The Morgan fingerprint density at radius 2 is 2.13 bits per heavy atom. The van der Waals surface area contributed by atoms with Crippen LogP contribution in [0.1, 0.15) is 51.9 Å². The molecule has 0 saturated heterocycles. The number of aliphatic hydroxyl groups excluding tert-OH is 1. The van der Waals surface area contributed by atoms with Gasteiger partial charge in [0, 0.05) is 19.6 Å². The lowest BCUT2D eigenvalue weighted by Crippen LogP contribution is -2.41. The molecule has 0 unspecified atom stereocenters. The van der Waals surface area contributed by atoms with E-state index in [1.165, 1.54) is 25.7 Å². The number of unbranched alkanes of at least 4 members (excludes halogenated alkanes) is 1. The fourth-order valence-electron chi connectivity index (χ4n) is 2.10. The van der Waals surface area contributed by atoms with Crippen LogP contribution in [-0.2, 0) is 4.79 Å². The van der Waals surface area contributed by atoms with Gasteiger partial charge in [-0.2, -0.15) is 0 Å². The molecule has 0 heterocycles. The van der Waals surface area contributed by atoms with Gasteiger partial charge in [-0.3, -0.25) is 4.79 Å². The zero-order chi connectivity index (χ0) is 11.1. The maximum absolute atomic E-state index is 11.4. The summed E-state index contributed by atoms with van der Waals surface area (Å²) in [5.41, 5.74) is 0.409. The maximum atomic E-state index is 11.4. The Balaban J connectivity index is 2.10. The van der Waals surface area contributed by atoms with Crippen LogP contribution in [-0.4, -0.2) is 24.2 Å². The molecule has 1 fully saturated rings. The Bertz CT molecular complexity index is 194. The highest BCUT2D eigenvalue weighted by Gasteiger charge is 2.34. The lowest BCUT2D eigenvalue weighted by molar-refractivity contribution is -0.122. The van der Waals surface area contributed by atoms with Gasteiger partial charge >= 0.3 is 0 Å². The first kappa shape index (κ1) is 12.5. The van der Waals surface area contributed by atoms with E-state index in [-0.39, 0.29) is 12.5 Å². The first-order valence-corrected chi connectivity index (χ1v) is 6.10. The van der Waals surface area contributed by atoms with Crippen LogP contribution in [0.2, 0.25) is 0 Å². The number of carbonyl (C=O) groups is 1. The molecule has 0 aliphatic heterocycles. The highest BCUT2D eigenvalue weighted by molar-refractivity contribution is 5.75. The molecule has 15 heavy (non-hydrogen) atoms. The van der Waals surface area contributed by atoms with Gasteiger partial charge in [-0.25, -0.2) is 0 Å². The Labute approximate surface area is 92.3 Å². The predicted octanol–water partition coefficient (Wildman–Crippen LogP) is 1.85. The van der Waals surface area contributed by atoms with E-state index in [4.69, 9.17) is 5.11 Å². The molecule has 2 N–H and O–H groups in total. The summed E-state index contributed by atoms with van der Waals surface area (Å²) < 4.78 is 0. The van der Waals surface area contributed by atoms with Gasteiger partial charge in [-0.1, -0.05) is 13.3 Å². The van der Waals surface area contributed by atoms with Gasteiger partial charge in [0.15, 0.2) is 0 Å². The molecule has 1 rings (SSSR count). The molecule has 1 saturated carbocycles. The maximum Gasteiger partial charge on any atom is 0.220 e. The van der Waals surface area contributed by atoms with Crippen molar-refractivity contribution >= 4 is 5.91 Å². The van der Waals surface area contributed by atoms with Crippen LogP contribution in [0.15, 0.2) is 0 Å². The largest absolute Gasteiger partial charge is 0.396 e. The zero-order valence-corrected chi connectivity index (χ0v) is 9.72. The van der Waals surface area contributed by atoms with Crippen molar-refractivity contribution in [2.24, 2.45) is 5.41 Å². The molecule has 0 aromatic carbocycles. The van der Waals surface area contributed by atoms with Crippen molar-refractivity contribution in [3.05, 3.63) is 0 Å². The number of nitrogens with one attached hydrogen (secondary N) is 1. The van der Waals surface area contributed by atoms with Gasteiger partial charge in [-0.15, -0.1) is 0 Å². The number of carbonyl (C=O) groups excluding carboxylic acids is 1. The van der Waals surface area contributed by atoms with Crippen molar-refractivity contribution in [2.45, 2.75) is 51.9 Å². The highest BCUT2D eigenvalue weighted by atomic mass is 16.2. The number of aliphatic hydroxyl groups is 1. The fourth-order valence-corrected chi connectivity index (χ4v) is 2.10. The zero-order valence-electron chi connectivity index (χ0n) is 9.72. The van der Waals surface area contributed by atoms with Gasteiger partial charge in [0.05, 0.1) is 0 Å². The predicted molar refractivity (Wildman–Crippen MR) is 60.5 cm³/mol. The summed E-state index contributed by atoms with van der Waals surface area (Å²) >= 11 is 0. The summed E-state index contributed by atoms with van der Waals surface area (Å²) in [6.07, 6.45) is 7.09. The third-order valence-electron chi connectivity index (χ3n) is 3.64. The molecule has 1 aliphatic rings. The van der Waals surface area contributed by atoms with Crippen LogP contribution in [0.4, 0.5) is 0 Å². The van der Waals surface area contributed by atoms with E-state index in [0.717, 1.165) is 19.4 Å². The third-order valence-corrected chi connectivity index (χ3v) is 3.64. The standard InChI is InChI=1S/C12H23NO2/c1-2-12(7-5-8-12)10-13-11(15)6-3-4-9-14/h14H,2-10H2,1H3,(H,13,15). The Hall–Kier alpha value is -0.570. The SMILES string of the molecule is CCC1(CNC(=O)CCCCO)CCC1. The minimum Gasteiger partial charge on any atom is -0.396 e. The van der Waals surface area contributed by atoms with E-state index in [1.54, 1.807) is 0 Å². The van der Waals surface area contributed by atoms with Crippen molar-refractivity contribution in [3.63, 3.8) is 0 Å². The minimum absolute atomic E-state index is 0.142. The van der Waals surface area contributed by atoms with Gasteiger partial charge in [-0.05, 0) is 37.5 Å². The van der Waals surface area contributed by atoms with Crippen molar-refractivity contribution in [1.29, 1.82) is 0 Å². The van der Waals surface area contributed by atoms with Gasteiger partial charge in [0.2, 0.25) is 5.91 Å². The smallest absolute Gasteiger partial charge is 0.220 e. The second-order valence-electron chi connectivity index (χ2n) is 4.66. The first-order chi connectivity index (χ1) is 7.22. The van der Waals surface area contributed by atoms with Crippen molar-refractivity contribution in [2.75, 3.05) is 13.2 Å². The van der Waals surface area contributed by atoms with Gasteiger partial charge in [0.25, 0.3) is 0 Å². The van der Waals surface area contributed by atoms with Crippen LogP contribution in [0.25, 0.3) is 0 Å². The van der Waals surface area contributed by atoms with Crippen LogP contribution in [0.3, 0.4) is 0 Å². The lowest BCUT2D eigenvalue weighted by Gasteiger charge is -2.41. The van der Waals surface area contributed by atoms with Gasteiger partial charge in [0.1, 0.15) is 0 Å².